The highest BCUT2D eigenvalue weighted by atomic mass is 14.9. The molecule has 2 aliphatic rings. The van der Waals surface area contributed by atoms with E-state index >= 15 is 0 Å². The van der Waals surface area contributed by atoms with Gasteiger partial charge >= 0.3 is 0 Å². The summed E-state index contributed by atoms with van der Waals surface area (Å²) in [6.45, 7) is 10.9. The van der Waals surface area contributed by atoms with Gasteiger partial charge in [0.25, 0.3) is 0 Å². The van der Waals surface area contributed by atoms with Crippen molar-refractivity contribution in [2.24, 2.45) is 10.8 Å². The molecule has 0 heterocycles. The van der Waals surface area contributed by atoms with Crippen molar-refractivity contribution in [3.63, 3.8) is 0 Å². The first kappa shape index (κ1) is 18.6. The van der Waals surface area contributed by atoms with Crippen molar-refractivity contribution >= 4 is 11.4 Å². The van der Waals surface area contributed by atoms with Crippen LogP contribution < -0.4 is 10.6 Å². The highest BCUT2D eigenvalue weighted by molar-refractivity contribution is 5.54. The zero-order chi connectivity index (χ0) is 18.6. The molecule has 138 valence electrons. The Morgan fingerprint density at radius 1 is 0.731 bits per heavy atom. The number of allylic oxidation sites excluding steroid dienone is 6. The zero-order valence-corrected chi connectivity index (χ0v) is 16.6. The van der Waals surface area contributed by atoms with Crippen molar-refractivity contribution in [1.82, 2.24) is 0 Å². The van der Waals surface area contributed by atoms with E-state index in [1.165, 1.54) is 22.5 Å². The smallest absolute Gasteiger partial charge is 0.0341 e. The molecule has 0 aromatic heterocycles. The lowest BCUT2D eigenvalue weighted by molar-refractivity contribution is 0.456. The van der Waals surface area contributed by atoms with E-state index in [2.05, 4.69) is 99.1 Å². The molecule has 0 radical (unpaired) electrons. The average Bonchev–Trinajstić information content (AvgIpc) is 2.65. The summed E-state index contributed by atoms with van der Waals surface area (Å²) < 4.78 is 0. The Morgan fingerprint density at radius 3 is 1.42 bits per heavy atom. The quantitative estimate of drug-likeness (QED) is 0.627. The first-order valence-corrected chi connectivity index (χ1v) is 9.66. The lowest BCUT2D eigenvalue weighted by Gasteiger charge is -2.29. The Balaban J connectivity index is 1.50. The van der Waals surface area contributed by atoms with Gasteiger partial charge in [0.15, 0.2) is 0 Å². The number of benzene rings is 1. The first-order chi connectivity index (χ1) is 12.4. The van der Waals surface area contributed by atoms with E-state index in [0.29, 0.717) is 0 Å². The van der Waals surface area contributed by atoms with Crippen LogP contribution in [-0.2, 0) is 0 Å². The normalized spacial score (nSPS) is 27.7. The van der Waals surface area contributed by atoms with Gasteiger partial charge in [-0.05, 0) is 51.0 Å². The van der Waals surface area contributed by atoms with Crippen LogP contribution in [0.5, 0.6) is 0 Å². The number of hydrogen-bond acceptors (Lipinski definition) is 2. The van der Waals surface area contributed by atoms with E-state index < -0.39 is 0 Å². The molecule has 0 saturated carbocycles. The molecule has 2 unspecified atom stereocenters. The molecule has 2 nitrogen and oxygen atoms in total. The molecule has 0 aliphatic heterocycles. The number of nitrogens with one attached hydrogen (secondary N) is 2. The molecular formula is C24H32N2. The Morgan fingerprint density at radius 2 is 1.12 bits per heavy atom. The topological polar surface area (TPSA) is 24.1 Å². The van der Waals surface area contributed by atoms with Crippen LogP contribution in [0.1, 0.15) is 40.5 Å². The molecular weight excluding hydrogens is 316 g/mol. The molecule has 0 bridgehead atoms. The van der Waals surface area contributed by atoms with E-state index in [-0.39, 0.29) is 10.8 Å². The van der Waals surface area contributed by atoms with Gasteiger partial charge in [0.2, 0.25) is 0 Å². The Labute approximate surface area is 158 Å². The maximum absolute atomic E-state index is 3.59. The second-order valence-corrected chi connectivity index (χ2v) is 8.56. The standard InChI is InChI=1S/C24H32N2/c1-19-9-13-23(3,14-10-19)17-25-21-5-7-22(8-6-21)26-18-24(4)15-11-20(2)12-16-24/h5-13,15,25-26H,14,16-18H2,1-4H3. The van der Waals surface area contributed by atoms with Gasteiger partial charge in [-0.15, -0.1) is 0 Å². The van der Waals surface area contributed by atoms with E-state index in [9.17, 15) is 0 Å². The van der Waals surface area contributed by atoms with Crippen LogP contribution in [0.2, 0.25) is 0 Å². The highest BCUT2D eigenvalue weighted by Gasteiger charge is 2.22. The predicted octanol–water partition coefficient (Wildman–Crippen LogP) is 6.34. The van der Waals surface area contributed by atoms with Crippen LogP contribution in [0.25, 0.3) is 0 Å². The maximum Gasteiger partial charge on any atom is 0.0341 e. The Hall–Kier alpha value is -2.22. The van der Waals surface area contributed by atoms with E-state index in [1.807, 2.05) is 0 Å². The minimum Gasteiger partial charge on any atom is -0.384 e. The molecule has 1 aromatic rings. The summed E-state index contributed by atoms with van der Waals surface area (Å²) in [6, 6.07) is 8.68. The van der Waals surface area contributed by atoms with Gasteiger partial charge in [0, 0.05) is 35.3 Å². The summed E-state index contributed by atoms with van der Waals surface area (Å²) >= 11 is 0. The fourth-order valence-corrected chi connectivity index (χ4v) is 3.30. The van der Waals surface area contributed by atoms with Gasteiger partial charge in [-0.2, -0.15) is 0 Å². The molecule has 1 aromatic carbocycles. The maximum atomic E-state index is 3.59. The molecule has 0 amide bonds. The summed E-state index contributed by atoms with van der Waals surface area (Å²) in [7, 11) is 0. The van der Waals surface area contributed by atoms with Crippen molar-refractivity contribution in [3.05, 3.63) is 71.9 Å². The fraction of sp³-hybridized carbons (Fsp3) is 0.417. The summed E-state index contributed by atoms with van der Waals surface area (Å²) in [6.07, 6.45) is 16.0. The van der Waals surface area contributed by atoms with Crippen LogP contribution in [0.4, 0.5) is 11.4 Å². The minimum absolute atomic E-state index is 0.198. The average molecular weight is 349 g/mol. The molecule has 26 heavy (non-hydrogen) atoms. The molecule has 2 heteroatoms. The monoisotopic (exact) mass is 348 g/mol. The van der Waals surface area contributed by atoms with Crippen molar-refractivity contribution in [2.75, 3.05) is 23.7 Å². The third-order valence-corrected chi connectivity index (χ3v) is 5.56. The molecule has 2 aliphatic carbocycles. The molecule has 2 atom stereocenters. The number of hydrogen-bond donors (Lipinski definition) is 2. The van der Waals surface area contributed by atoms with Gasteiger partial charge in [0.1, 0.15) is 0 Å². The molecule has 2 N–H and O–H groups in total. The van der Waals surface area contributed by atoms with E-state index in [1.54, 1.807) is 0 Å². The van der Waals surface area contributed by atoms with Gasteiger partial charge in [0.05, 0.1) is 0 Å². The van der Waals surface area contributed by atoms with Crippen molar-refractivity contribution < 1.29 is 0 Å². The summed E-state index contributed by atoms with van der Waals surface area (Å²) in [5, 5.41) is 7.18. The zero-order valence-electron chi connectivity index (χ0n) is 16.6. The van der Waals surface area contributed by atoms with E-state index in [0.717, 1.165) is 25.9 Å². The van der Waals surface area contributed by atoms with Gasteiger partial charge in [-0.1, -0.05) is 61.4 Å². The lowest BCUT2D eigenvalue weighted by atomic mass is 9.82. The molecule has 0 saturated heterocycles. The van der Waals surface area contributed by atoms with E-state index in [4.69, 9.17) is 0 Å². The molecule has 0 fully saturated rings. The third-order valence-electron chi connectivity index (χ3n) is 5.56. The number of rotatable bonds is 6. The minimum atomic E-state index is 0.198. The predicted molar refractivity (Wildman–Crippen MR) is 115 cm³/mol. The summed E-state index contributed by atoms with van der Waals surface area (Å²) in [5.41, 5.74) is 5.49. The second-order valence-electron chi connectivity index (χ2n) is 8.56. The Bertz CT molecular complexity index is 686. The van der Waals surface area contributed by atoms with Crippen LogP contribution in [0.3, 0.4) is 0 Å². The lowest BCUT2D eigenvalue weighted by Crippen LogP contribution is -2.25. The van der Waals surface area contributed by atoms with Crippen molar-refractivity contribution in [1.29, 1.82) is 0 Å². The van der Waals surface area contributed by atoms with Crippen LogP contribution in [0, 0.1) is 10.8 Å². The van der Waals surface area contributed by atoms with Crippen LogP contribution in [-0.4, -0.2) is 13.1 Å². The van der Waals surface area contributed by atoms with Gasteiger partial charge in [-0.25, -0.2) is 0 Å². The van der Waals surface area contributed by atoms with Crippen molar-refractivity contribution in [3.8, 4) is 0 Å². The third kappa shape index (κ3) is 4.91. The fourth-order valence-electron chi connectivity index (χ4n) is 3.30. The highest BCUT2D eigenvalue weighted by Crippen LogP contribution is 2.31. The molecule has 3 rings (SSSR count). The summed E-state index contributed by atoms with van der Waals surface area (Å²) in [4.78, 5) is 0. The second kappa shape index (κ2) is 7.57. The largest absolute Gasteiger partial charge is 0.384 e. The SMILES string of the molecule is CC1=CCC(C)(CNc2ccc(NCC3(C)C=CC(C)=CC3)cc2)C=C1. The Kier molecular flexibility index (Phi) is 5.41. The number of anilines is 2. The van der Waals surface area contributed by atoms with Gasteiger partial charge < -0.3 is 10.6 Å². The summed E-state index contributed by atoms with van der Waals surface area (Å²) in [5.74, 6) is 0. The molecule has 0 spiro atoms. The first-order valence-electron chi connectivity index (χ1n) is 9.66. The van der Waals surface area contributed by atoms with Crippen molar-refractivity contribution in [2.45, 2.75) is 40.5 Å². The van der Waals surface area contributed by atoms with Crippen LogP contribution in [0.15, 0.2) is 71.9 Å². The van der Waals surface area contributed by atoms with Gasteiger partial charge in [-0.3, -0.25) is 0 Å². The van der Waals surface area contributed by atoms with Crippen LogP contribution >= 0.6 is 0 Å².